The fraction of sp³-hybridized carbons (Fsp3) is 0.316. The predicted octanol–water partition coefficient (Wildman–Crippen LogP) is -0.707. The zero-order valence-electron chi connectivity index (χ0n) is 17.7. The first-order chi connectivity index (χ1) is 16.3. The van der Waals surface area contributed by atoms with E-state index in [1.54, 1.807) is 23.8 Å². The van der Waals surface area contributed by atoms with Gasteiger partial charge in [-0.15, -0.1) is 11.8 Å². The standard InChI is InChI=1S/C19H19N7O6S2/c1-2-32-23-11(14-22-19(20)34-24-14)15(28)21-12-16(29)26-13(18(30)31)9(8-33-17(12)26)6-25-5-3-4-10(27)7-25/h3-5,7,12,17H,2,6,8H2,1H3,(H4-,20,21,22,24,27,28,30,31)/p+1/b23-11-/t12?,17-/m1/s1. The number of carbonyl (C=O) groups is 3. The molecule has 2 aliphatic rings. The quantitative estimate of drug-likeness (QED) is 0.154. The highest BCUT2D eigenvalue weighted by atomic mass is 32.2. The van der Waals surface area contributed by atoms with Gasteiger partial charge in [-0.05, 0) is 13.0 Å². The number of pyridine rings is 1. The number of nitrogens with zero attached hydrogens (tertiary/aromatic N) is 5. The zero-order chi connectivity index (χ0) is 24.4. The number of amides is 2. The maximum absolute atomic E-state index is 12.9. The number of carboxylic acid groups (broad SMARTS) is 1. The van der Waals surface area contributed by atoms with Crippen molar-refractivity contribution in [3.8, 4) is 5.75 Å². The van der Waals surface area contributed by atoms with Crippen LogP contribution in [0.2, 0.25) is 0 Å². The largest absolute Gasteiger partial charge is 0.503 e. The highest BCUT2D eigenvalue weighted by molar-refractivity contribution is 8.00. The van der Waals surface area contributed by atoms with Gasteiger partial charge in [-0.2, -0.15) is 13.9 Å². The van der Waals surface area contributed by atoms with Crippen LogP contribution in [-0.2, 0) is 25.8 Å². The molecule has 0 aliphatic carbocycles. The molecule has 0 radical (unpaired) electrons. The Bertz CT molecular complexity index is 1210. The fourth-order valence-electron chi connectivity index (χ4n) is 3.49. The Morgan fingerprint density at radius 1 is 1.47 bits per heavy atom. The van der Waals surface area contributed by atoms with Gasteiger partial charge in [0.15, 0.2) is 23.6 Å². The topological polar surface area (TPSA) is 184 Å². The normalized spacial score (nSPS) is 20.0. The number of β-lactam (4-membered cyclic amide) rings is 1. The average molecular weight is 507 g/mol. The zero-order valence-corrected chi connectivity index (χ0v) is 19.4. The molecule has 2 aliphatic heterocycles. The third-order valence-electron chi connectivity index (χ3n) is 4.91. The Balaban J connectivity index is 1.53. The van der Waals surface area contributed by atoms with Crippen molar-refractivity contribution in [2.75, 3.05) is 18.1 Å². The summed E-state index contributed by atoms with van der Waals surface area (Å²) >= 11 is 2.20. The molecule has 0 aromatic carbocycles. The number of nitrogens with one attached hydrogen (secondary N) is 1. The van der Waals surface area contributed by atoms with Gasteiger partial charge >= 0.3 is 5.97 Å². The minimum absolute atomic E-state index is 0.0324. The first-order valence-corrected chi connectivity index (χ1v) is 11.8. The van der Waals surface area contributed by atoms with Gasteiger partial charge in [-0.3, -0.25) is 14.5 Å². The number of anilines is 1. The Morgan fingerprint density at radius 2 is 2.26 bits per heavy atom. The van der Waals surface area contributed by atoms with Crippen LogP contribution in [0.25, 0.3) is 0 Å². The molecule has 13 nitrogen and oxygen atoms in total. The van der Waals surface area contributed by atoms with Gasteiger partial charge in [-0.1, -0.05) is 5.16 Å². The van der Waals surface area contributed by atoms with E-state index in [0.29, 0.717) is 11.3 Å². The smallest absolute Gasteiger partial charge is 0.352 e. The Hall–Kier alpha value is -3.72. The number of nitrogen functional groups attached to an aromatic ring is 1. The number of rotatable bonds is 8. The lowest BCUT2D eigenvalue weighted by Gasteiger charge is -2.49. The first kappa shape index (κ1) is 23.4. The summed E-state index contributed by atoms with van der Waals surface area (Å²) in [6.07, 6.45) is 3.14. The van der Waals surface area contributed by atoms with Crippen LogP contribution in [0.5, 0.6) is 5.75 Å². The summed E-state index contributed by atoms with van der Waals surface area (Å²) in [6.45, 7) is 2.05. The van der Waals surface area contributed by atoms with E-state index in [0.717, 1.165) is 11.5 Å². The molecule has 4 rings (SSSR count). The van der Waals surface area contributed by atoms with Crippen LogP contribution >= 0.6 is 23.3 Å². The Kier molecular flexibility index (Phi) is 6.65. The fourth-order valence-corrected chi connectivity index (χ4v) is 5.26. The van der Waals surface area contributed by atoms with Crippen molar-refractivity contribution in [2.45, 2.75) is 24.9 Å². The number of aromatic hydroxyl groups is 1. The van der Waals surface area contributed by atoms with E-state index in [4.69, 9.17) is 10.6 Å². The van der Waals surface area contributed by atoms with Crippen molar-refractivity contribution in [3.63, 3.8) is 0 Å². The maximum atomic E-state index is 12.9. The molecule has 1 fully saturated rings. The molecule has 1 saturated heterocycles. The van der Waals surface area contributed by atoms with E-state index in [1.807, 2.05) is 0 Å². The van der Waals surface area contributed by atoms with E-state index < -0.39 is 29.2 Å². The summed E-state index contributed by atoms with van der Waals surface area (Å²) in [7, 11) is 0. The highest BCUT2D eigenvalue weighted by Crippen LogP contribution is 2.40. The minimum atomic E-state index is -1.25. The van der Waals surface area contributed by atoms with E-state index >= 15 is 0 Å². The van der Waals surface area contributed by atoms with Gasteiger partial charge in [0.1, 0.15) is 23.7 Å². The van der Waals surface area contributed by atoms with Gasteiger partial charge in [0.05, 0.1) is 0 Å². The molecule has 2 aromatic heterocycles. The van der Waals surface area contributed by atoms with Crippen LogP contribution in [0.1, 0.15) is 12.7 Å². The van der Waals surface area contributed by atoms with Gasteiger partial charge in [-0.25, -0.2) is 4.79 Å². The summed E-state index contributed by atoms with van der Waals surface area (Å²) < 4.78 is 5.59. The molecule has 2 amide bonds. The molecule has 0 bridgehead atoms. The third-order valence-corrected chi connectivity index (χ3v) is 6.79. The number of oxime groups is 1. The highest BCUT2D eigenvalue weighted by Gasteiger charge is 2.54. The molecule has 0 spiro atoms. The number of carbonyl (C=O) groups excluding carboxylic acids is 2. The van der Waals surface area contributed by atoms with Crippen molar-refractivity contribution in [2.24, 2.45) is 5.16 Å². The van der Waals surface area contributed by atoms with Crippen molar-refractivity contribution >= 4 is 51.9 Å². The van der Waals surface area contributed by atoms with Crippen molar-refractivity contribution < 1.29 is 34.0 Å². The number of hydrogen-bond acceptors (Lipinski definition) is 11. The number of thioether (sulfide) groups is 1. The summed E-state index contributed by atoms with van der Waals surface area (Å²) in [4.78, 5) is 47.9. The predicted molar refractivity (Wildman–Crippen MR) is 120 cm³/mol. The number of aromatic nitrogens is 3. The summed E-state index contributed by atoms with van der Waals surface area (Å²) in [5.74, 6) is -2.25. The lowest BCUT2D eigenvalue weighted by atomic mass is 10.0. The number of fused-ring (bicyclic) bond motifs is 1. The molecule has 5 N–H and O–H groups in total. The van der Waals surface area contributed by atoms with E-state index in [9.17, 15) is 24.6 Å². The lowest BCUT2D eigenvalue weighted by molar-refractivity contribution is -0.689. The summed E-state index contributed by atoms with van der Waals surface area (Å²) in [6, 6.07) is 2.16. The van der Waals surface area contributed by atoms with Gasteiger partial charge in [0.25, 0.3) is 11.8 Å². The molecule has 178 valence electrons. The lowest BCUT2D eigenvalue weighted by Crippen LogP contribution is -2.71. The second kappa shape index (κ2) is 9.64. The first-order valence-electron chi connectivity index (χ1n) is 9.98. The molecule has 1 unspecified atom stereocenters. The Labute approximate surface area is 201 Å². The molecule has 0 saturated carbocycles. The van der Waals surface area contributed by atoms with Gasteiger partial charge in [0, 0.05) is 28.9 Å². The number of carboxylic acids is 1. The third kappa shape index (κ3) is 4.51. The van der Waals surface area contributed by atoms with Crippen LogP contribution in [0.15, 0.2) is 41.0 Å². The van der Waals surface area contributed by atoms with Crippen molar-refractivity contribution in [1.82, 2.24) is 19.6 Å². The van der Waals surface area contributed by atoms with Gasteiger partial charge < -0.3 is 26.1 Å². The average Bonchev–Trinajstić information content (AvgIpc) is 3.23. The molecule has 2 atom stereocenters. The number of aliphatic carboxylic acids is 1. The van der Waals surface area contributed by atoms with E-state index in [-0.39, 0.29) is 41.3 Å². The number of nitrogens with two attached hydrogens (primary N) is 1. The second-order valence-electron chi connectivity index (χ2n) is 7.17. The van der Waals surface area contributed by atoms with Gasteiger partial charge in [0.2, 0.25) is 17.7 Å². The number of hydrogen-bond donors (Lipinski definition) is 4. The molecular formula is C19H20N7O6S2+. The maximum Gasteiger partial charge on any atom is 0.352 e. The molecule has 4 heterocycles. The van der Waals surface area contributed by atoms with E-state index in [2.05, 4.69) is 19.8 Å². The SMILES string of the molecule is CCO/N=C(\C(=O)NC1C(=O)N2C(C(=O)O)=C(C[n+]3cccc(O)c3)CS[C@H]12)c1nsc(N)n1. The molecule has 34 heavy (non-hydrogen) atoms. The monoisotopic (exact) mass is 506 g/mol. The van der Waals surface area contributed by atoms with Crippen LogP contribution in [-0.4, -0.2) is 71.7 Å². The molecular weight excluding hydrogens is 486 g/mol. The van der Waals surface area contributed by atoms with Crippen molar-refractivity contribution in [3.05, 3.63) is 41.6 Å². The van der Waals surface area contributed by atoms with Crippen LogP contribution < -0.4 is 15.6 Å². The van der Waals surface area contributed by atoms with E-state index in [1.165, 1.54) is 28.9 Å². The van der Waals surface area contributed by atoms with Crippen LogP contribution in [0.3, 0.4) is 0 Å². The van der Waals surface area contributed by atoms with Crippen LogP contribution in [0.4, 0.5) is 5.13 Å². The molecule has 15 heteroatoms. The minimum Gasteiger partial charge on any atom is -0.503 e. The summed E-state index contributed by atoms with van der Waals surface area (Å²) in [5, 5.41) is 25.3. The van der Waals surface area contributed by atoms with Crippen molar-refractivity contribution in [1.29, 1.82) is 0 Å². The second-order valence-corrected chi connectivity index (χ2v) is 9.06. The summed E-state index contributed by atoms with van der Waals surface area (Å²) in [5.41, 5.74) is 5.72. The van der Waals surface area contributed by atoms with Crippen LogP contribution in [0, 0.1) is 0 Å². The molecule has 2 aromatic rings. The Morgan fingerprint density at radius 3 is 2.91 bits per heavy atom.